The highest BCUT2D eigenvalue weighted by atomic mass is 19.1. The molecule has 1 N–H and O–H groups in total. The highest BCUT2D eigenvalue weighted by Gasteiger charge is 2.20. The minimum Gasteiger partial charge on any atom is -0.493 e. The van der Waals surface area contributed by atoms with Gasteiger partial charge >= 0.3 is 0 Å². The molecule has 1 aliphatic rings. The van der Waals surface area contributed by atoms with Crippen LogP contribution in [0.5, 0.6) is 5.75 Å². The summed E-state index contributed by atoms with van der Waals surface area (Å²) < 4.78 is 20.0. The number of carbonyl (C=O) groups is 1. The van der Waals surface area contributed by atoms with E-state index in [1.165, 1.54) is 6.07 Å². The van der Waals surface area contributed by atoms with Crippen LogP contribution in [0.1, 0.15) is 21.5 Å². The number of aromatic nitrogens is 3. The van der Waals surface area contributed by atoms with E-state index in [9.17, 15) is 9.18 Å². The molecule has 0 amide bonds. The standard InChI is InChI=1S/C23H17FN4O2/c24-21-5-6-22-16(7-8-30-22)19(21)10-26-23-20-12-28-27-11-18(20)17(9-25-23)15-3-1-14(13-29)2-4-15/h1-6,9,11-13H,7-8,10H2,(H,25,26). The molecule has 0 unspecified atom stereocenters. The molecule has 4 aromatic rings. The van der Waals surface area contributed by atoms with Gasteiger partial charge < -0.3 is 10.1 Å². The summed E-state index contributed by atoms with van der Waals surface area (Å²) in [5.41, 5.74) is 3.90. The van der Waals surface area contributed by atoms with Crippen LogP contribution < -0.4 is 10.1 Å². The second-order valence-corrected chi connectivity index (χ2v) is 7.03. The van der Waals surface area contributed by atoms with E-state index in [0.717, 1.165) is 39.5 Å². The Hall–Kier alpha value is -3.87. The van der Waals surface area contributed by atoms with Crippen molar-refractivity contribution in [2.24, 2.45) is 0 Å². The molecule has 5 rings (SSSR count). The average Bonchev–Trinajstić information content (AvgIpc) is 3.27. The van der Waals surface area contributed by atoms with Gasteiger partial charge in [-0.2, -0.15) is 10.2 Å². The van der Waals surface area contributed by atoms with Crippen molar-refractivity contribution in [2.45, 2.75) is 13.0 Å². The zero-order chi connectivity index (χ0) is 20.5. The smallest absolute Gasteiger partial charge is 0.150 e. The molecule has 2 aromatic heterocycles. The van der Waals surface area contributed by atoms with Crippen LogP contribution in [0.15, 0.2) is 55.0 Å². The zero-order valence-electron chi connectivity index (χ0n) is 15.9. The molecule has 6 nitrogen and oxygen atoms in total. The minimum absolute atomic E-state index is 0.261. The Morgan fingerprint density at radius 3 is 2.63 bits per heavy atom. The van der Waals surface area contributed by atoms with Gasteiger partial charge in [-0.05, 0) is 17.7 Å². The van der Waals surface area contributed by atoms with Crippen molar-refractivity contribution in [3.8, 4) is 16.9 Å². The first-order valence-corrected chi connectivity index (χ1v) is 9.56. The van der Waals surface area contributed by atoms with E-state index in [0.29, 0.717) is 30.0 Å². The molecular weight excluding hydrogens is 383 g/mol. The summed E-state index contributed by atoms with van der Waals surface area (Å²) in [6.45, 7) is 0.857. The Morgan fingerprint density at radius 2 is 1.83 bits per heavy atom. The minimum atomic E-state index is -0.261. The lowest BCUT2D eigenvalue weighted by atomic mass is 10.0. The Morgan fingerprint density at radius 1 is 1.03 bits per heavy atom. The summed E-state index contributed by atoms with van der Waals surface area (Å²) in [6.07, 6.45) is 6.57. The summed E-state index contributed by atoms with van der Waals surface area (Å²) >= 11 is 0. The van der Waals surface area contributed by atoms with Crippen LogP contribution in [0.3, 0.4) is 0 Å². The van der Waals surface area contributed by atoms with Crippen LogP contribution in [0.4, 0.5) is 10.2 Å². The van der Waals surface area contributed by atoms with Crippen LogP contribution in [-0.2, 0) is 13.0 Å². The number of nitrogens with one attached hydrogen (secondary N) is 1. The largest absolute Gasteiger partial charge is 0.493 e. The molecule has 0 atom stereocenters. The fourth-order valence-electron chi connectivity index (χ4n) is 3.78. The van der Waals surface area contributed by atoms with Gasteiger partial charge in [0, 0.05) is 52.2 Å². The van der Waals surface area contributed by atoms with Gasteiger partial charge in [0.25, 0.3) is 0 Å². The molecule has 1 aliphatic heterocycles. The van der Waals surface area contributed by atoms with Gasteiger partial charge in [0.2, 0.25) is 0 Å². The van der Waals surface area contributed by atoms with Crippen LogP contribution in [0.25, 0.3) is 21.9 Å². The number of rotatable bonds is 5. The van der Waals surface area contributed by atoms with Crippen LogP contribution in [0.2, 0.25) is 0 Å². The quantitative estimate of drug-likeness (QED) is 0.506. The highest BCUT2D eigenvalue weighted by molar-refractivity contribution is 6.00. The highest BCUT2D eigenvalue weighted by Crippen LogP contribution is 2.33. The number of hydrogen-bond donors (Lipinski definition) is 1. The second kappa shape index (κ2) is 7.51. The van der Waals surface area contributed by atoms with E-state index in [1.807, 2.05) is 12.1 Å². The maximum atomic E-state index is 14.4. The van der Waals surface area contributed by atoms with Crippen molar-refractivity contribution < 1.29 is 13.9 Å². The molecule has 3 heterocycles. The molecule has 0 spiro atoms. The van der Waals surface area contributed by atoms with Crippen LogP contribution in [-0.4, -0.2) is 28.1 Å². The number of fused-ring (bicyclic) bond motifs is 2. The lowest BCUT2D eigenvalue weighted by Gasteiger charge is -2.13. The second-order valence-electron chi connectivity index (χ2n) is 7.03. The van der Waals surface area contributed by atoms with Gasteiger partial charge in [-0.25, -0.2) is 9.37 Å². The summed E-state index contributed by atoms with van der Waals surface area (Å²) in [4.78, 5) is 15.5. The number of nitrogens with zero attached hydrogens (tertiary/aromatic N) is 3. The van der Waals surface area contributed by atoms with Crippen molar-refractivity contribution in [3.05, 3.63) is 77.5 Å². The third kappa shape index (κ3) is 3.14. The SMILES string of the molecule is O=Cc1ccc(-c2cnc(NCc3c(F)ccc4c3CCO4)c3cnncc23)cc1. The first-order chi connectivity index (χ1) is 14.7. The number of anilines is 1. The van der Waals surface area contributed by atoms with E-state index >= 15 is 0 Å². The van der Waals surface area contributed by atoms with E-state index in [2.05, 4.69) is 20.5 Å². The lowest BCUT2D eigenvalue weighted by molar-refractivity contribution is 0.112. The number of aldehydes is 1. The molecule has 0 aliphatic carbocycles. The summed E-state index contributed by atoms with van der Waals surface area (Å²) in [7, 11) is 0. The van der Waals surface area contributed by atoms with Gasteiger partial charge in [0.05, 0.1) is 19.0 Å². The monoisotopic (exact) mass is 400 g/mol. The number of benzene rings is 2. The first kappa shape index (κ1) is 18.2. The van der Waals surface area contributed by atoms with Crippen molar-refractivity contribution in [3.63, 3.8) is 0 Å². The van der Waals surface area contributed by atoms with Crippen molar-refractivity contribution in [2.75, 3.05) is 11.9 Å². The van der Waals surface area contributed by atoms with Gasteiger partial charge in [-0.3, -0.25) is 4.79 Å². The van der Waals surface area contributed by atoms with Gasteiger partial charge in [-0.15, -0.1) is 0 Å². The third-order valence-electron chi connectivity index (χ3n) is 5.33. The molecule has 148 valence electrons. The normalized spacial score (nSPS) is 12.4. The van der Waals surface area contributed by atoms with E-state index in [4.69, 9.17) is 4.74 Å². The van der Waals surface area contributed by atoms with Crippen molar-refractivity contribution in [1.29, 1.82) is 0 Å². The summed E-state index contributed by atoms with van der Waals surface area (Å²) in [6, 6.07) is 10.4. The predicted octanol–water partition coefficient (Wildman–Crippen LogP) is 4.19. The van der Waals surface area contributed by atoms with E-state index < -0.39 is 0 Å². The predicted molar refractivity (Wildman–Crippen MR) is 111 cm³/mol. The summed E-state index contributed by atoms with van der Waals surface area (Å²) in [5.74, 6) is 1.08. The Bertz CT molecular complexity index is 1260. The van der Waals surface area contributed by atoms with Crippen molar-refractivity contribution in [1.82, 2.24) is 15.2 Å². The molecule has 0 bridgehead atoms. The maximum Gasteiger partial charge on any atom is 0.150 e. The molecule has 0 saturated heterocycles. The Labute approximate surface area is 171 Å². The first-order valence-electron chi connectivity index (χ1n) is 9.56. The van der Waals surface area contributed by atoms with Gasteiger partial charge in [0.15, 0.2) is 0 Å². The van der Waals surface area contributed by atoms with Crippen LogP contribution in [0, 0.1) is 5.82 Å². The van der Waals surface area contributed by atoms with Crippen LogP contribution >= 0.6 is 0 Å². The zero-order valence-corrected chi connectivity index (χ0v) is 15.9. The maximum absolute atomic E-state index is 14.4. The van der Waals surface area contributed by atoms with Crippen molar-refractivity contribution >= 4 is 22.9 Å². The Kier molecular flexibility index (Phi) is 4.55. The molecule has 0 radical (unpaired) electrons. The number of hydrogen-bond acceptors (Lipinski definition) is 6. The molecule has 0 saturated carbocycles. The van der Waals surface area contributed by atoms with Gasteiger partial charge in [0.1, 0.15) is 23.7 Å². The fraction of sp³-hybridized carbons (Fsp3) is 0.130. The fourth-order valence-corrected chi connectivity index (χ4v) is 3.78. The molecule has 2 aromatic carbocycles. The molecular formula is C23H17FN4O2. The number of carbonyl (C=O) groups excluding carboxylic acids is 1. The van der Waals surface area contributed by atoms with E-state index in [-0.39, 0.29) is 12.4 Å². The number of pyridine rings is 1. The third-order valence-corrected chi connectivity index (χ3v) is 5.33. The molecule has 30 heavy (non-hydrogen) atoms. The number of halogens is 1. The molecule has 7 heteroatoms. The Balaban J connectivity index is 1.51. The lowest BCUT2D eigenvalue weighted by Crippen LogP contribution is -2.07. The van der Waals surface area contributed by atoms with Gasteiger partial charge in [-0.1, -0.05) is 24.3 Å². The average molecular weight is 400 g/mol. The summed E-state index contributed by atoms with van der Waals surface area (Å²) in [5, 5.41) is 12.9. The van der Waals surface area contributed by atoms with E-state index in [1.54, 1.807) is 36.8 Å². The molecule has 0 fully saturated rings. The topological polar surface area (TPSA) is 77.0 Å². The number of ether oxygens (including phenoxy) is 1.